The van der Waals surface area contributed by atoms with E-state index in [4.69, 9.17) is 0 Å². The van der Waals surface area contributed by atoms with E-state index in [2.05, 4.69) is 5.32 Å². The molecule has 2 aliphatic heterocycles. The fourth-order valence-corrected chi connectivity index (χ4v) is 3.63. The smallest absolute Gasteiger partial charge is 0.225 e. The van der Waals surface area contributed by atoms with E-state index in [1.165, 1.54) is 0 Å². The third-order valence-corrected chi connectivity index (χ3v) is 5.09. The summed E-state index contributed by atoms with van der Waals surface area (Å²) in [6, 6.07) is 8.28. The van der Waals surface area contributed by atoms with Crippen LogP contribution in [0.25, 0.3) is 6.08 Å². The molecule has 1 atom stereocenters. The molecule has 3 rings (SSSR count). The minimum Gasteiger partial charge on any atom is -0.343 e. The lowest BCUT2D eigenvalue weighted by Gasteiger charge is -2.36. The molecule has 128 valence electrons. The van der Waals surface area contributed by atoms with E-state index < -0.39 is 0 Å². The number of benzene rings is 1. The SMILES string of the molecule is CNC1CCN(C(=O)CC2c3ccccc3C=CN2C(C)=O)CC1. The van der Waals surface area contributed by atoms with Gasteiger partial charge in [-0.15, -0.1) is 0 Å². The van der Waals surface area contributed by atoms with Crippen molar-refractivity contribution in [2.24, 2.45) is 0 Å². The predicted molar refractivity (Wildman–Crippen MR) is 94.0 cm³/mol. The molecule has 1 saturated heterocycles. The van der Waals surface area contributed by atoms with E-state index in [0.29, 0.717) is 12.5 Å². The highest BCUT2D eigenvalue weighted by atomic mass is 16.2. The zero-order valence-corrected chi connectivity index (χ0v) is 14.4. The minimum atomic E-state index is -0.210. The van der Waals surface area contributed by atoms with Gasteiger partial charge in [0.15, 0.2) is 0 Å². The van der Waals surface area contributed by atoms with Crippen molar-refractivity contribution in [3.63, 3.8) is 0 Å². The Hall–Kier alpha value is -2.14. The quantitative estimate of drug-likeness (QED) is 0.926. The number of fused-ring (bicyclic) bond motifs is 1. The molecule has 24 heavy (non-hydrogen) atoms. The number of carbonyl (C=O) groups is 2. The van der Waals surface area contributed by atoms with Crippen LogP contribution in [0.5, 0.6) is 0 Å². The molecule has 1 unspecified atom stereocenters. The summed E-state index contributed by atoms with van der Waals surface area (Å²) in [5, 5.41) is 3.28. The van der Waals surface area contributed by atoms with Crippen molar-refractivity contribution in [1.29, 1.82) is 0 Å². The van der Waals surface area contributed by atoms with Gasteiger partial charge in [-0.05, 0) is 37.1 Å². The standard InChI is InChI=1S/C19H25N3O2/c1-14(23)22-12-7-15-5-3-4-6-17(15)18(22)13-19(24)21-10-8-16(20-2)9-11-21/h3-7,12,16,18,20H,8-11,13H2,1-2H3. The number of hydrogen-bond acceptors (Lipinski definition) is 3. The molecular formula is C19H25N3O2. The van der Waals surface area contributed by atoms with Gasteiger partial charge in [0.1, 0.15) is 0 Å². The average molecular weight is 327 g/mol. The fraction of sp³-hybridized carbons (Fsp3) is 0.474. The summed E-state index contributed by atoms with van der Waals surface area (Å²) in [6.45, 7) is 3.12. The molecule has 5 heteroatoms. The van der Waals surface area contributed by atoms with Crippen molar-refractivity contribution < 1.29 is 9.59 Å². The van der Waals surface area contributed by atoms with Crippen molar-refractivity contribution in [3.05, 3.63) is 41.6 Å². The molecule has 0 aliphatic carbocycles. The van der Waals surface area contributed by atoms with E-state index in [9.17, 15) is 9.59 Å². The highest BCUT2D eigenvalue weighted by Crippen LogP contribution is 2.33. The lowest BCUT2D eigenvalue weighted by atomic mass is 9.93. The second-order valence-electron chi connectivity index (χ2n) is 6.53. The van der Waals surface area contributed by atoms with Crippen LogP contribution in [0.2, 0.25) is 0 Å². The van der Waals surface area contributed by atoms with Crippen LogP contribution >= 0.6 is 0 Å². The number of rotatable bonds is 3. The third kappa shape index (κ3) is 3.36. The molecule has 1 aromatic rings. The molecule has 2 aliphatic rings. The van der Waals surface area contributed by atoms with Gasteiger partial charge in [0.25, 0.3) is 0 Å². The Morgan fingerprint density at radius 2 is 1.92 bits per heavy atom. The molecule has 1 fully saturated rings. The van der Waals surface area contributed by atoms with Gasteiger partial charge < -0.3 is 15.1 Å². The Balaban J connectivity index is 1.75. The summed E-state index contributed by atoms with van der Waals surface area (Å²) in [5.41, 5.74) is 2.13. The van der Waals surface area contributed by atoms with E-state index in [1.54, 1.807) is 18.0 Å². The summed E-state index contributed by atoms with van der Waals surface area (Å²) in [5.74, 6) is 0.0957. The van der Waals surface area contributed by atoms with E-state index >= 15 is 0 Å². The van der Waals surface area contributed by atoms with Crippen molar-refractivity contribution in [2.75, 3.05) is 20.1 Å². The monoisotopic (exact) mass is 327 g/mol. The normalized spacial score (nSPS) is 20.8. The topological polar surface area (TPSA) is 52.7 Å². The molecular weight excluding hydrogens is 302 g/mol. The van der Waals surface area contributed by atoms with E-state index in [-0.39, 0.29) is 17.9 Å². The number of nitrogens with zero attached hydrogens (tertiary/aromatic N) is 2. The first kappa shape index (κ1) is 16.7. The number of likely N-dealkylation sites (tertiary alicyclic amines) is 1. The van der Waals surface area contributed by atoms with Crippen molar-refractivity contribution >= 4 is 17.9 Å². The Morgan fingerprint density at radius 1 is 1.21 bits per heavy atom. The Kier molecular flexibility index (Phi) is 5.00. The average Bonchev–Trinajstić information content (AvgIpc) is 2.61. The van der Waals surface area contributed by atoms with Crippen molar-refractivity contribution in [2.45, 2.75) is 38.3 Å². The molecule has 0 spiro atoms. The van der Waals surface area contributed by atoms with Gasteiger partial charge in [-0.1, -0.05) is 24.3 Å². The number of carbonyl (C=O) groups excluding carboxylic acids is 2. The van der Waals surface area contributed by atoms with Gasteiger partial charge in [0, 0.05) is 32.3 Å². The maximum Gasteiger partial charge on any atom is 0.225 e. The van der Waals surface area contributed by atoms with Gasteiger partial charge in [-0.25, -0.2) is 0 Å². The Bertz CT molecular complexity index is 648. The van der Waals surface area contributed by atoms with Crippen LogP contribution in [0, 0.1) is 0 Å². The number of piperidine rings is 1. The van der Waals surface area contributed by atoms with Crippen LogP contribution in [-0.2, 0) is 9.59 Å². The summed E-state index contributed by atoms with van der Waals surface area (Å²) in [6.07, 6.45) is 6.05. The number of nitrogens with one attached hydrogen (secondary N) is 1. The molecule has 0 saturated carbocycles. The van der Waals surface area contributed by atoms with Crippen LogP contribution in [-0.4, -0.2) is 47.8 Å². The van der Waals surface area contributed by atoms with Gasteiger partial charge in [-0.3, -0.25) is 9.59 Å². The first-order chi connectivity index (χ1) is 11.6. The van der Waals surface area contributed by atoms with Gasteiger partial charge in [-0.2, -0.15) is 0 Å². The zero-order chi connectivity index (χ0) is 17.1. The molecule has 5 nitrogen and oxygen atoms in total. The van der Waals surface area contributed by atoms with Crippen molar-refractivity contribution in [3.8, 4) is 0 Å². The summed E-state index contributed by atoms with van der Waals surface area (Å²) >= 11 is 0. The predicted octanol–water partition coefficient (Wildman–Crippen LogP) is 2.16. The van der Waals surface area contributed by atoms with Crippen LogP contribution < -0.4 is 5.32 Å². The third-order valence-electron chi connectivity index (χ3n) is 5.09. The summed E-state index contributed by atoms with van der Waals surface area (Å²) < 4.78 is 0. The Labute approximate surface area is 143 Å². The number of hydrogen-bond donors (Lipinski definition) is 1. The largest absolute Gasteiger partial charge is 0.343 e. The van der Waals surface area contributed by atoms with E-state index in [0.717, 1.165) is 37.1 Å². The Morgan fingerprint density at radius 3 is 2.58 bits per heavy atom. The molecule has 0 bridgehead atoms. The summed E-state index contributed by atoms with van der Waals surface area (Å²) in [4.78, 5) is 28.4. The minimum absolute atomic E-state index is 0.0348. The lowest BCUT2D eigenvalue weighted by Crippen LogP contribution is -2.45. The molecule has 0 radical (unpaired) electrons. The second-order valence-corrected chi connectivity index (χ2v) is 6.53. The fourth-order valence-electron chi connectivity index (χ4n) is 3.63. The maximum atomic E-state index is 12.8. The summed E-state index contributed by atoms with van der Waals surface area (Å²) in [7, 11) is 1.97. The molecule has 2 amide bonds. The number of amides is 2. The van der Waals surface area contributed by atoms with Crippen molar-refractivity contribution in [1.82, 2.24) is 15.1 Å². The molecule has 2 heterocycles. The first-order valence-corrected chi connectivity index (χ1v) is 8.61. The van der Waals surface area contributed by atoms with Crippen LogP contribution in [0.1, 0.15) is 43.4 Å². The van der Waals surface area contributed by atoms with Crippen LogP contribution in [0.15, 0.2) is 30.5 Å². The van der Waals surface area contributed by atoms with E-state index in [1.807, 2.05) is 42.3 Å². The first-order valence-electron chi connectivity index (χ1n) is 8.61. The highest BCUT2D eigenvalue weighted by Gasteiger charge is 2.30. The molecule has 0 aromatic heterocycles. The highest BCUT2D eigenvalue weighted by molar-refractivity contribution is 5.82. The van der Waals surface area contributed by atoms with Gasteiger partial charge in [0.05, 0.1) is 12.5 Å². The van der Waals surface area contributed by atoms with Crippen LogP contribution in [0.3, 0.4) is 0 Å². The lowest BCUT2D eigenvalue weighted by molar-refractivity contribution is -0.135. The van der Waals surface area contributed by atoms with Gasteiger partial charge >= 0.3 is 0 Å². The molecule has 1 aromatic carbocycles. The van der Waals surface area contributed by atoms with Gasteiger partial charge in [0.2, 0.25) is 11.8 Å². The zero-order valence-electron chi connectivity index (χ0n) is 14.4. The second kappa shape index (κ2) is 7.18. The van der Waals surface area contributed by atoms with Crippen LogP contribution in [0.4, 0.5) is 0 Å². The maximum absolute atomic E-state index is 12.8. The molecule has 1 N–H and O–H groups in total.